The maximum Gasteiger partial charge on any atom is 0.323 e. The Bertz CT molecular complexity index is 120. The number of carbonyl (C=O) groups is 1. The van der Waals surface area contributed by atoms with Crippen LogP contribution in [0.15, 0.2) is 0 Å². The smallest absolute Gasteiger partial charge is 0.323 e. The van der Waals surface area contributed by atoms with Crippen molar-refractivity contribution < 1.29 is 15.1 Å². The molecule has 0 aromatic heterocycles. The average molecular weight is 179 g/mol. The highest BCUT2D eigenvalue weighted by molar-refractivity contribution is 7.99. The summed E-state index contributed by atoms with van der Waals surface area (Å²) in [6, 6.07) is -0.825. The number of hydroxylamine groups is 1. The summed E-state index contributed by atoms with van der Waals surface area (Å²) in [4.78, 5) is 10.3. The molecule has 0 aliphatic heterocycles. The summed E-state index contributed by atoms with van der Waals surface area (Å²) in [5.41, 5.74) is 1.75. The van der Waals surface area contributed by atoms with Gasteiger partial charge in [-0.2, -0.15) is 17.2 Å². The summed E-state index contributed by atoms with van der Waals surface area (Å²) in [6.45, 7) is 2.01. The number of carboxylic acid groups (broad SMARTS) is 1. The molecular formula is C6H13NO3S. The highest BCUT2D eigenvalue weighted by Gasteiger charge is 2.14. The van der Waals surface area contributed by atoms with Crippen molar-refractivity contribution in [3.05, 3.63) is 0 Å². The number of hydrogen-bond donors (Lipinski definition) is 3. The average Bonchev–Trinajstić information content (AvgIpc) is 1.97. The highest BCUT2D eigenvalue weighted by atomic mass is 32.2. The van der Waals surface area contributed by atoms with E-state index in [2.05, 4.69) is 0 Å². The highest BCUT2D eigenvalue weighted by Crippen LogP contribution is 2.03. The van der Waals surface area contributed by atoms with E-state index in [-0.39, 0.29) is 0 Å². The van der Waals surface area contributed by atoms with Crippen LogP contribution in [0.1, 0.15) is 13.3 Å². The molecule has 5 heteroatoms. The molecule has 0 rings (SSSR count). The lowest BCUT2D eigenvalue weighted by molar-refractivity contribution is -0.142. The largest absolute Gasteiger partial charge is 0.480 e. The zero-order valence-electron chi connectivity index (χ0n) is 6.41. The SMILES string of the molecule is CCSCC[C@H](NO)C(=O)O. The first-order valence-corrected chi connectivity index (χ1v) is 4.58. The Hall–Kier alpha value is -0.260. The Balaban J connectivity index is 3.44. The molecule has 4 nitrogen and oxygen atoms in total. The number of nitrogens with one attached hydrogen (secondary N) is 1. The van der Waals surface area contributed by atoms with E-state index in [0.29, 0.717) is 6.42 Å². The maximum atomic E-state index is 10.3. The van der Waals surface area contributed by atoms with E-state index in [1.807, 2.05) is 6.92 Å². The summed E-state index contributed by atoms with van der Waals surface area (Å²) in [5, 5.41) is 16.8. The molecule has 11 heavy (non-hydrogen) atoms. The van der Waals surface area contributed by atoms with Gasteiger partial charge in [0.2, 0.25) is 0 Å². The standard InChI is InChI=1S/C6H13NO3S/c1-2-11-4-3-5(7-10)6(8)9/h5,7,10H,2-4H2,1H3,(H,8,9)/t5-/m0/s1. The zero-order chi connectivity index (χ0) is 8.69. The lowest BCUT2D eigenvalue weighted by atomic mass is 10.2. The molecule has 0 spiro atoms. The fourth-order valence-electron chi connectivity index (χ4n) is 0.589. The summed E-state index contributed by atoms with van der Waals surface area (Å²) in [5.74, 6) is 0.711. The van der Waals surface area contributed by atoms with Crippen LogP contribution in [0.2, 0.25) is 0 Å². The first kappa shape index (κ1) is 10.7. The molecule has 0 unspecified atom stereocenters. The first-order valence-electron chi connectivity index (χ1n) is 3.42. The fraction of sp³-hybridized carbons (Fsp3) is 0.833. The van der Waals surface area contributed by atoms with Crippen LogP contribution in [-0.2, 0) is 4.79 Å². The molecule has 3 N–H and O–H groups in total. The third-order valence-electron chi connectivity index (χ3n) is 1.21. The van der Waals surface area contributed by atoms with Gasteiger partial charge in [0.1, 0.15) is 6.04 Å². The minimum atomic E-state index is -1.01. The monoisotopic (exact) mass is 179 g/mol. The molecule has 0 saturated carbocycles. The van der Waals surface area contributed by atoms with Gasteiger partial charge in [0.25, 0.3) is 0 Å². The van der Waals surface area contributed by atoms with Gasteiger partial charge in [-0.3, -0.25) is 4.79 Å². The molecule has 0 saturated heterocycles. The lowest BCUT2D eigenvalue weighted by Gasteiger charge is -2.07. The van der Waals surface area contributed by atoms with E-state index in [9.17, 15) is 4.79 Å². The Kier molecular flexibility index (Phi) is 6.30. The molecule has 0 amide bonds. The van der Waals surface area contributed by atoms with Crippen LogP contribution in [0.4, 0.5) is 0 Å². The number of carboxylic acids is 1. The van der Waals surface area contributed by atoms with E-state index in [4.69, 9.17) is 10.3 Å². The van der Waals surface area contributed by atoms with E-state index in [1.54, 1.807) is 17.2 Å². The predicted molar refractivity (Wildman–Crippen MR) is 44.0 cm³/mol. The molecule has 0 bridgehead atoms. The van der Waals surface area contributed by atoms with Crippen LogP contribution in [0.25, 0.3) is 0 Å². The lowest BCUT2D eigenvalue weighted by Crippen LogP contribution is -2.34. The molecule has 66 valence electrons. The van der Waals surface area contributed by atoms with Crippen molar-refractivity contribution in [2.24, 2.45) is 0 Å². The first-order chi connectivity index (χ1) is 5.22. The van der Waals surface area contributed by atoms with Crippen molar-refractivity contribution in [2.75, 3.05) is 11.5 Å². The summed E-state index contributed by atoms with van der Waals surface area (Å²) in [7, 11) is 0. The Morgan fingerprint density at radius 3 is 2.73 bits per heavy atom. The van der Waals surface area contributed by atoms with Crippen LogP contribution in [0, 0.1) is 0 Å². The topological polar surface area (TPSA) is 69.6 Å². The van der Waals surface area contributed by atoms with E-state index in [1.165, 1.54) is 0 Å². The van der Waals surface area contributed by atoms with Crippen molar-refractivity contribution >= 4 is 17.7 Å². The second-order valence-corrected chi connectivity index (χ2v) is 3.40. The van der Waals surface area contributed by atoms with Gasteiger partial charge in [-0.15, -0.1) is 0 Å². The molecule has 0 radical (unpaired) electrons. The van der Waals surface area contributed by atoms with Gasteiger partial charge >= 0.3 is 5.97 Å². The second-order valence-electron chi connectivity index (χ2n) is 2.01. The Morgan fingerprint density at radius 1 is 1.73 bits per heavy atom. The molecule has 0 fully saturated rings. The fourth-order valence-corrected chi connectivity index (χ4v) is 1.28. The maximum absolute atomic E-state index is 10.3. The predicted octanol–water partition coefficient (Wildman–Crippen LogP) is 0.562. The molecule has 0 aliphatic carbocycles. The van der Waals surface area contributed by atoms with Gasteiger partial charge in [0.05, 0.1) is 0 Å². The Morgan fingerprint density at radius 2 is 2.36 bits per heavy atom. The summed E-state index contributed by atoms with van der Waals surface area (Å²) in [6.07, 6.45) is 0.449. The molecule has 0 aliphatic rings. The van der Waals surface area contributed by atoms with Gasteiger partial charge in [-0.05, 0) is 17.9 Å². The zero-order valence-corrected chi connectivity index (χ0v) is 7.23. The third kappa shape index (κ3) is 5.06. The number of aliphatic carboxylic acids is 1. The van der Waals surface area contributed by atoms with Crippen LogP contribution in [-0.4, -0.2) is 33.8 Å². The minimum absolute atomic E-state index is 0.449. The quantitative estimate of drug-likeness (QED) is 0.410. The van der Waals surface area contributed by atoms with Crippen LogP contribution in [0.3, 0.4) is 0 Å². The van der Waals surface area contributed by atoms with Crippen molar-refractivity contribution in [1.82, 2.24) is 5.48 Å². The molecule has 0 heterocycles. The van der Waals surface area contributed by atoms with Crippen molar-refractivity contribution in [3.63, 3.8) is 0 Å². The van der Waals surface area contributed by atoms with Gasteiger partial charge in [-0.1, -0.05) is 6.92 Å². The minimum Gasteiger partial charge on any atom is -0.480 e. The molecule has 0 aromatic carbocycles. The van der Waals surface area contributed by atoms with Crippen molar-refractivity contribution in [1.29, 1.82) is 0 Å². The van der Waals surface area contributed by atoms with Gasteiger partial charge in [-0.25, -0.2) is 0 Å². The number of hydrogen-bond acceptors (Lipinski definition) is 4. The van der Waals surface area contributed by atoms with Gasteiger partial charge in [0.15, 0.2) is 0 Å². The van der Waals surface area contributed by atoms with E-state index >= 15 is 0 Å². The second kappa shape index (κ2) is 6.45. The molecule has 0 aromatic rings. The van der Waals surface area contributed by atoms with Crippen molar-refractivity contribution in [3.8, 4) is 0 Å². The van der Waals surface area contributed by atoms with E-state index in [0.717, 1.165) is 11.5 Å². The van der Waals surface area contributed by atoms with E-state index < -0.39 is 12.0 Å². The third-order valence-corrected chi connectivity index (χ3v) is 2.14. The van der Waals surface area contributed by atoms with Crippen LogP contribution in [0.5, 0.6) is 0 Å². The van der Waals surface area contributed by atoms with Crippen LogP contribution < -0.4 is 5.48 Å². The molecular weight excluding hydrogens is 166 g/mol. The van der Waals surface area contributed by atoms with Crippen molar-refractivity contribution in [2.45, 2.75) is 19.4 Å². The summed E-state index contributed by atoms with van der Waals surface area (Å²) >= 11 is 1.65. The van der Waals surface area contributed by atoms with Gasteiger partial charge < -0.3 is 10.3 Å². The van der Waals surface area contributed by atoms with Crippen LogP contribution >= 0.6 is 11.8 Å². The number of rotatable bonds is 6. The summed E-state index contributed by atoms with van der Waals surface area (Å²) < 4.78 is 0. The normalized spacial score (nSPS) is 12.9. The Labute approximate surface area is 69.9 Å². The van der Waals surface area contributed by atoms with Gasteiger partial charge in [0, 0.05) is 0 Å². The molecule has 1 atom stereocenters. The number of thioether (sulfide) groups is 1.